The molecule has 1 aliphatic heterocycles. The maximum absolute atomic E-state index is 14.9. The molecule has 1 saturated heterocycles. The molecule has 2 aromatic rings. The Morgan fingerprint density at radius 2 is 1.78 bits per heavy atom. The van der Waals surface area contributed by atoms with Crippen molar-refractivity contribution in [2.24, 2.45) is 36.6 Å². The molecule has 1 N–H and O–H groups in total. The molecule has 0 amide bonds. The van der Waals surface area contributed by atoms with Gasteiger partial charge in [-0.15, -0.1) is 0 Å². The number of aryl methyl sites for hydroxylation is 2. The van der Waals surface area contributed by atoms with E-state index < -0.39 is 11.6 Å². The Morgan fingerprint density at radius 3 is 2.41 bits per heavy atom. The van der Waals surface area contributed by atoms with Crippen LogP contribution in [0.3, 0.4) is 0 Å². The van der Waals surface area contributed by atoms with Crippen LogP contribution in [0, 0.1) is 48.1 Å². The number of hydrogen-bond donors (Lipinski definition) is 1. The summed E-state index contributed by atoms with van der Waals surface area (Å²) in [7, 11) is 1.79. The molecule has 1 aromatic heterocycles. The summed E-state index contributed by atoms with van der Waals surface area (Å²) in [5.74, 6) is 2.26. The molecule has 32 heavy (non-hydrogen) atoms. The minimum atomic E-state index is -0.796. The van der Waals surface area contributed by atoms with Gasteiger partial charge in [0.2, 0.25) is 0 Å². The number of fused-ring (bicyclic) bond motifs is 3. The number of nitrogens with one attached hydrogen (secondary N) is 1. The summed E-state index contributed by atoms with van der Waals surface area (Å²) in [4.78, 5) is 2.68. The number of nitrogens with zero attached hydrogens (tertiary/aromatic N) is 3. The summed E-state index contributed by atoms with van der Waals surface area (Å²) < 4.78 is 31.4. The number of hydrogen-bond acceptors (Lipinski definition) is 3. The molecule has 170 valence electrons. The average Bonchev–Trinajstić information content (AvgIpc) is 3.54. The topological polar surface area (TPSA) is 33.1 Å². The van der Waals surface area contributed by atoms with Crippen LogP contribution in [0.2, 0.25) is 0 Å². The van der Waals surface area contributed by atoms with E-state index >= 15 is 0 Å². The van der Waals surface area contributed by atoms with Gasteiger partial charge >= 0.3 is 0 Å². The highest BCUT2D eigenvalue weighted by Gasteiger charge is 2.43. The summed E-state index contributed by atoms with van der Waals surface area (Å²) >= 11 is 0. The summed E-state index contributed by atoms with van der Waals surface area (Å²) in [5, 5.41) is 7.57. The van der Waals surface area contributed by atoms with Gasteiger partial charge in [-0.1, -0.05) is 12.2 Å². The number of benzene rings is 1. The van der Waals surface area contributed by atoms with E-state index in [1.54, 1.807) is 30.1 Å². The SMILES string of the molecule is Cc1nn(C)cc1-c1ccc(N[C@@H]2C[C@@H]3CN(CC4CC5C=CC4C5)C[C@@H]3C2)c(F)c1F. The van der Waals surface area contributed by atoms with Gasteiger partial charge in [-0.25, -0.2) is 8.78 Å². The molecule has 2 saturated carbocycles. The molecule has 6 heteroatoms. The zero-order chi connectivity index (χ0) is 22.0. The van der Waals surface area contributed by atoms with Gasteiger partial charge in [0.1, 0.15) is 0 Å². The van der Waals surface area contributed by atoms with Crippen molar-refractivity contribution in [2.75, 3.05) is 25.0 Å². The van der Waals surface area contributed by atoms with Crippen LogP contribution in [0.1, 0.15) is 31.4 Å². The van der Waals surface area contributed by atoms with Gasteiger partial charge in [-0.3, -0.25) is 4.68 Å². The summed E-state index contributed by atoms with van der Waals surface area (Å²) in [6.45, 7) is 5.38. The lowest BCUT2D eigenvalue weighted by molar-refractivity contribution is 0.238. The van der Waals surface area contributed by atoms with Crippen molar-refractivity contribution < 1.29 is 8.78 Å². The quantitative estimate of drug-likeness (QED) is 0.667. The fourth-order valence-electron chi connectivity index (χ4n) is 7.05. The Morgan fingerprint density at radius 1 is 1.00 bits per heavy atom. The van der Waals surface area contributed by atoms with Crippen molar-refractivity contribution >= 4 is 5.69 Å². The highest BCUT2D eigenvalue weighted by molar-refractivity contribution is 5.68. The second kappa shape index (κ2) is 7.68. The Bertz CT molecular complexity index is 1050. The Balaban J connectivity index is 1.08. The lowest BCUT2D eigenvalue weighted by Crippen LogP contribution is -2.31. The molecule has 6 rings (SSSR count). The van der Waals surface area contributed by atoms with Crippen LogP contribution in [0.5, 0.6) is 0 Å². The van der Waals surface area contributed by atoms with Crippen LogP contribution in [0.4, 0.5) is 14.5 Å². The minimum Gasteiger partial charge on any atom is -0.380 e. The third-order valence-electron chi connectivity index (χ3n) is 8.48. The lowest BCUT2D eigenvalue weighted by atomic mass is 9.93. The highest BCUT2D eigenvalue weighted by Crippen LogP contribution is 2.46. The number of allylic oxidation sites excluding steroid dienone is 2. The normalized spacial score (nSPS) is 33.4. The third kappa shape index (κ3) is 3.47. The lowest BCUT2D eigenvalue weighted by Gasteiger charge is -2.26. The fourth-order valence-corrected chi connectivity index (χ4v) is 7.05. The first-order valence-electron chi connectivity index (χ1n) is 12.1. The minimum absolute atomic E-state index is 0.220. The maximum Gasteiger partial charge on any atom is 0.182 e. The Labute approximate surface area is 188 Å². The van der Waals surface area contributed by atoms with Gasteiger partial charge in [0.25, 0.3) is 0 Å². The van der Waals surface area contributed by atoms with Crippen LogP contribution in [0.15, 0.2) is 30.5 Å². The molecule has 6 atom stereocenters. The standard InChI is InChI=1S/C26H32F2N4/c1-15-23(14-31(2)30-15)22-5-6-24(26(28)25(22)27)29-21-9-19-12-32(13-20(19)10-21)11-18-8-16-3-4-17(18)7-16/h3-6,14,16-21,29H,7-13H2,1-2H3/t16?,17?,18?,19-,20+,21-. The molecule has 2 bridgehead atoms. The van der Waals surface area contributed by atoms with Crippen LogP contribution < -0.4 is 5.32 Å². The van der Waals surface area contributed by atoms with E-state index in [1.165, 1.54) is 19.4 Å². The predicted molar refractivity (Wildman–Crippen MR) is 122 cm³/mol. The summed E-state index contributed by atoms with van der Waals surface area (Å²) in [6, 6.07) is 3.58. The number of anilines is 1. The molecule has 0 radical (unpaired) electrons. The second-order valence-corrected chi connectivity index (χ2v) is 10.7. The molecular formula is C26H32F2N4. The van der Waals surface area contributed by atoms with E-state index in [4.69, 9.17) is 0 Å². The van der Waals surface area contributed by atoms with Crippen LogP contribution in [-0.4, -0.2) is 40.4 Å². The van der Waals surface area contributed by atoms with Crippen molar-refractivity contribution in [2.45, 2.75) is 38.6 Å². The van der Waals surface area contributed by atoms with Gasteiger partial charge in [-0.2, -0.15) is 5.10 Å². The molecule has 0 spiro atoms. The van der Waals surface area contributed by atoms with Gasteiger partial charge in [0.15, 0.2) is 11.6 Å². The Hall–Kier alpha value is -2.21. The fraction of sp³-hybridized carbons (Fsp3) is 0.577. The van der Waals surface area contributed by atoms with Crippen LogP contribution >= 0.6 is 0 Å². The molecule has 4 nitrogen and oxygen atoms in total. The van der Waals surface area contributed by atoms with E-state index in [9.17, 15) is 8.78 Å². The van der Waals surface area contributed by atoms with Crippen molar-refractivity contribution in [3.63, 3.8) is 0 Å². The molecule has 3 fully saturated rings. The van der Waals surface area contributed by atoms with Gasteiger partial charge in [-0.05, 0) is 74.3 Å². The molecular weight excluding hydrogens is 406 g/mol. The van der Waals surface area contributed by atoms with Crippen LogP contribution in [-0.2, 0) is 7.05 Å². The highest BCUT2D eigenvalue weighted by atomic mass is 19.2. The second-order valence-electron chi connectivity index (χ2n) is 10.7. The molecule has 1 aromatic carbocycles. The van der Waals surface area contributed by atoms with Crippen LogP contribution in [0.25, 0.3) is 11.1 Å². The van der Waals surface area contributed by atoms with Gasteiger partial charge in [0.05, 0.1) is 11.4 Å². The summed E-state index contributed by atoms with van der Waals surface area (Å²) in [6.07, 6.45) is 11.4. The third-order valence-corrected chi connectivity index (χ3v) is 8.48. The van der Waals surface area contributed by atoms with E-state index in [-0.39, 0.29) is 17.3 Å². The first kappa shape index (κ1) is 20.4. The van der Waals surface area contributed by atoms with Crippen molar-refractivity contribution in [1.82, 2.24) is 14.7 Å². The first-order valence-corrected chi connectivity index (χ1v) is 12.1. The monoisotopic (exact) mass is 438 g/mol. The largest absolute Gasteiger partial charge is 0.380 e. The van der Waals surface area contributed by atoms with E-state index in [0.29, 0.717) is 23.1 Å². The van der Waals surface area contributed by atoms with Crippen molar-refractivity contribution in [1.29, 1.82) is 0 Å². The van der Waals surface area contributed by atoms with E-state index in [1.807, 2.05) is 6.92 Å². The van der Waals surface area contributed by atoms with Gasteiger partial charge in [0, 0.05) is 50.0 Å². The average molecular weight is 439 g/mol. The molecule has 3 unspecified atom stereocenters. The number of halogens is 2. The molecule has 4 aliphatic rings. The zero-order valence-electron chi connectivity index (χ0n) is 18.9. The number of aromatic nitrogens is 2. The Kier molecular flexibility index (Phi) is 4.90. The zero-order valence-corrected chi connectivity index (χ0v) is 18.9. The summed E-state index contributed by atoms with van der Waals surface area (Å²) in [5.41, 5.74) is 1.88. The first-order chi connectivity index (χ1) is 15.4. The van der Waals surface area contributed by atoms with E-state index in [0.717, 1.165) is 43.7 Å². The molecule has 3 aliphatic carbocycles. The molecule has 2 heterocycles. The van der Waals surface area contributed by atoms with Crippen molar-refractivity contribution in [3.8, 4) is 11.1 Å². The van der Waals surface area contributed by atoms with E-state index in [2.05, 4.69) is 27.5 Å². The van der Waals surface area contributed by atoms with Crippen molar-refractivity contribution in [3.05, 3.63) is 47.8 Å². The van der Waals surface area contributed by atoms with Gasteiger partial charge < -0.3 is 10.2 Å². The maximum atomic E-state index is 14.9. The number of likely N-dealkylation sites (tertiary alicyclic amines) is 1. The number of rotatable bonds is 5. The predicted octanol–water partition coefficient (Wildman–Crippen LogP) is 5.01. The smallest absolute Gasteiger partial charge is 0.182 e.